The van der Waals surface area contributed by atoms with Crippen molar-refractivity contribution in [2.45, 2.75) is 19.3 Å². The third kappa shape index (κ3) is 2.73. The van der Waals surface area contributed by atoms with Crippen molar-refractivity contribution < 1.29 is 0 Å². The minimum atomic E-state index is 0.829. The molecule has 0 aliphatic carbocycles. The molecule has 1 aromatic rings. The highest BCUT2D eigenvalue weighted by Gasteiger charge is 2.10. The van der Waals surface area contributed by atoms with Gasteiger partial charge in [0.05, 0.1) is 0 Å². The van der Waals surface area contributed by atoms with Gasteiger partial charge in [-0.05, 0) is 50.0 Å². The van der Waals surface area contributed by atoms with Crippen molar-refractivity contribution in [1.29, 1.82) is 0 Å². The molecule has 0 N–H and O–H groups in total. The molecule has 0 spiro atoms. The maximum atomic E-state index is 5.83. The maximum Gasteiger partial charge on any atom is 0.0406 e. The Morgan fingerprint density at radius 2 is 1.71 bits per heavy atom. The van der Waals surface area contributed by atoms with Crippen LogP contribution < -0.4 is 0 Å². The van der Waals surface area contributed by atoms with Crippen LogP contribution in [0.25, 0.3) is 0 Å². The molecule has 0 bridgehead atoms. The second-order valence-corrected chi connectivity index (χ2v) is 4.36. The molecule has 1 aliphatic rings. The van der Waals surface area contributed by atoms with Crippen LogP contribution in [0, 0.1) is 0 Å². The summed E-state index contributed by atoms with van der Waals surface area (Å²) in [5.41, 5.74) is 1.39. The highest BCUT2D eigenvalue weighted by atomic mass is 35.5. The summed E-state index contributed by atoms with van der Waals surface area (Å²) in [6, 6.07) is 8.19. The number of nitrogens with zero attached hydrogens (tertiary/aromatic N) is 1. The van der Waals surface area contributed by atoms with Crippen molar-refractivity contribution in [2.24, 2.45) is 0 Å². The minimum Gasteiger partial charge on any atom is -0.303 e. The van der Waals surface area contributed by atoms with E-state index in [1.807, 2.05) is 12.1 Å². The molecule has 0 radical (unpaired) electrons. The second-order valence-electron chi connectivity index (χ2n) is 3.93. The molecule has 1 aliphatic heterocycles. The number of hydrogen-bond acceptors (Lipinski definition) is 1. The Balaban J connectivity index is 1.82. The zero-order chi connectivity index (χ0) is 9.80. The van der Waals surface area contributed by atoms with Gasteiger partial charge in [0.25, 0.3) is 0 Å². The van der Waals surface area contributed by atoms with Gasteiger partial charge in [0.2, 0.25) is 0 Å². The molecular weight excluding hydrogens is 194 g/mol. The number of rotatable bonds is 3. The molecule has 1 aromatic carbocycles. The summed E-state index contributed by atoms with van der Waals surface area (Å²) in [6.45, 7) is 3.77. The lowest BCUT2D eigenvalue weighted by Crippen LogP contribution is -2.21. The zero-order valence-corrected chi connectivity index (χ0v) is 9.13. The average molecular weight is 210 g/mol. The molecule has 0 unspecified atom stereocenters. The number of benzene rings is 1. The monoisotopic (exact) mass is 209 g/mol. The first-order valence-electron chi connectivity index (χ1n) is 5.31. The van der Waals surface area contributed by atoms with E-state index < -0.39 is 0 Å². The first-order chi connectivity index (χ1) is 6.84. The van der Waals surface area contributed by atoms with E-state index in [9.17, 15) is 0 Å². The van der Waals surface area contributed by atoms with E-state index in [4.69, 9.17) is 11.6 Å². The smallest absolute Gasteiger partial charge is 0.0406 e. The van der Waals surface area contributed by atoms with Gasteiger partial charge in [-0.3, -0.25) is 0 Å². The van der Waals surface area contributed by atoms with E-state index in [0.717, 1.165) is 11.4 Å². The minimum absolute atomic E-state index is 0.829. The molecule has 0 saturated carbocycles. The van der Waals surface area contributed by atoms with Crippen LogP contribution in [0.4, 0.5) is 0 Å². The molecule has 2 heteroatoms. The first-order valence-corrected chi connectivity index (χ1v) is 5.69. The second kappa shape index (κ2) is 4.81. The Bertz CT molecular complexity index is 275. The predicted octanol–water partition coefficient (Wildman–Crippen LogP) is 2.98. The normalized spacial score (nSPS) is 17.5. The standard InChI is InChI=1S/C12H16ClN/c13-12-5-3-11(4-6-12)7-10-14-8-1-2-9-14/h3-6H,1-2,7-10H2. The van der Waals surface area contributed by atoms with Crippen molar-refractivity contribution >= 4 is 11.6 Å². The summed E-state index contributed by atoms with van der Waals surface area (Å²) in [5.74, 6) is 0. The Morgan fingerprint density at radius 1 is 1.07 bits per heavy atom. The SMILES string of the molecule is Clc1ccc(CCN2CCCC2)cc1. The third-order valence-corrected chi connectivity index (χ3v) is 3.08. The molecule has 76 valence electrons. The molecule has 2 rings (SSSR count). The fourth-order valence-corrected chi connectivity index (χ4v) is 2.07. The zero-order valence-electron chi connectivity index (χ0n) is 8.38. The van der Waals surface area contributed by atoms with E-state index in [1.54, 1.807) is 0 Å². The maximum absolute atomic E-state index is 5.83. The summed E-state index contributed by atoms with van der Waals surface area (Å²) in [7, 11) is 0. The predicted molar refractivity (Wildman–Crippen MR) is 60.8 cm³/mol. The van der Waals surface area contributed by atoms with E-state index >= 15 is 0 Å². The molecule has 14 heavy (non-hydrogen) atoms. The van der Waals surface area contributed by atoms with Crippen LogP contribution >= 0.6 is 11.6 Å². The van der Waals surface area contributed by atoms with Gasteiger partial charge in [-0.15, -0.1) is 0 Å². The summed E-state index contributed by atoms with van der Waals surface area (Å²) < 4.78 is 0. The van der Waals surface area contributed by atoms with Gasteiger partial charge in [0.15, 0.2) is 0 Å². The van der Waals surface area contributed by atoms with Crippen molar-refractivity contribution in [3.8, 4) is 0 Å². The molecule has 1 saturated heterocycles. The van der Waals surface area contributed by atoms with Crippen LogP contribution in [0.3, 0.4) is 0 Å². The van der Waals surface area contributed by atoms with Crippen LogP contribution in [0.15, 0.2) is 24.3 Å². The Morgan fingerprint density at radius 3 is 2.36 bits per heavy atom. The van der Waals surface area contributed by atoms with Gasteiger partial charge < -0.3 is 4.90 Å². The molecule has 1 heterocycles. The van der Waals surface area contributed by atoms with Crippen LogP contribution in [0.1, 0.15) is 18.4 Å². The molecule has 1 nitrogen and oxygen atoms in total. The summed E-state index contributed by atoms with van der Waals surface area (Å²) in [5, 5.41) is 0.829. The van der Waals surface area contributed by atoms with Gasteiger partial charge in [-0.25, -0.2) is 0 Å². The molecule has 1 fully saturated rings. The fraction of sp³-hybridized carbons (Fsp3) is 0.500. The van der Waals surface area contributed by atoms with Crippen LogP contribution in [-0.4, -0.2) is 24.5 Å². The van der Waals surface area contributed by atoms with Gasteiger partial charge in [-0.2, -0.15) is 0 Å². The summed E-state index contributed by atoms with van der Waals surface area (Å²) >= 11 is 5.83. The lowest BCUT2D eigenvalue weighted by atomic mass is 10.1. The number of halogens is 1. The van der Waals surface area contributed by atoms with Crippen LogP contribution in [-0.2, 0) is 6.42 Å². The quantitative estimate of drug-likeness (QED) is 0.740. The summed E-state index contributed by atoms with van der Waals surface area (Å²) in [6.07, 6.45) is 3.90. The lowest BCUT2D eigenvalue weighted by Gasteiger charge is -2.13. The van der Waals surface area contributed by atoms with Crippen molar-refractivity contribution in [1.82, 2.24) is 4.90 Å². The molecule has 0 atom stereocenters. The summed E-state index contributed by atoms with van der Waals surface area (Å²) in [4.78, 5) is 2.54. The van der Waals surface area contributed by atoms with Crippen molar-refractivity contribution in [3.05, 3.63) is 34.9 Å². The lowest BCUT2D eigenvalue weighted by molar-refractivity contribution is 0.343. The highest BCUT2D eigenvalue weighted by Crippen LogP contribution is 2.12. The Labute approximate surface area is 90.7 Å². The average Bonchev–Trinajstić information content (AvgIpc) is 2.70. The first kappa shape index (κ1) is 10.0. The van der Waals surface area contributed by atoms with Crippen molar-refractivity contribution in [3.63, 3.8) is 0 Å². The largest absolute Gasteiger partial charge is 0.303 e. The third-order valence-electron chi connectivity index (χ3n) is 2.83. The van der Waals surface area contributed by atoms with Crippen molar-refractivity contribution in [2.75, 3.05) is 19.6 Å². The highest BCUT2D eigenvalue weighted by molar-refractivity contribution is 6.30. The number of likely N-dealkylation sites (tertiary alicyclic amines) is 1. The molecule has 0 amide bonds. The van der Waals surface area contributed by atoms with Crippen LogP contribution in [0.5, 0.6) is 0 Å². The van der Waals surface area contributed by atoms with Gasteiger partial charge >= 0.3 is 0 Å². The van der Waals surface area contributed by atoms with Gasteiger partial charge in [-0.1, -0.05) is 23.7 Å². The van der Waals surface area contributed by atoms with Gasteiger partial charge in [0, 0.05) is 11.6 Å². The fourth-order valence-electron chi connectivity index (χ4n) is 1.94. The van der Waals surface area contributed by atoms with E-state index in [-0.39, 0.29) is 0 Å². The molecular formula is C12H16ClN. The van der Waals surface area contributed by atoms with E-state index in [1.165, 1.54) is 38.0 Å². The van der Waals surface area contributed by atoms with E-state index in [0.29, 0.717) is 0 Å². The molecule has 0 aromatic heterocycles. The van der Waals surface area contributed by atoms with Crippen LogP contribution in [0.2, 0.25) is 5.02 Å². The van der Waals surface area contributed by atoms with E-state index in [2.05, 4.69) is 17.0 Å². The number of hydrogen-bond donors (Lipinski definition) is 0. The topological polar surface area (TPSA) is 3.24 Å². The van der Waals surface area contributed by atoms with Gasteiger partial charge in [0.1, 0.15) is 0 Å². The Kier molecular flexibility index (Phi) is 3.44. The Hall–Kier alpha value is -0.530.